The molecule has 2 unspecified atom stereocenters. The highest BCUT2D eigenvalue weighted by Gasteiger charge is 2.25. The minimum atomic E-state index is -0.534. The maximum atomic E-state index is 13.8. The molecule has 0 aliphatic heterocycles. The summed E-state index contributed by atoms with van der Waals surface area (Å²) < 4.78 is 27.5. The molecule has 102 valence electrons. The summed E-state index contributed by atoms with van der Waals surface area (Å²) >= 11 is 0. The summed E-state index contributed by atoms with van der Waals surface area (Å²) in [6, 6.07) is 3.45. The second-order valence-corrected chi connectivity index (χ2v) is 4.59. The van der Waals surface area contributed by atoms with E-state index in [-0.39, 0.29) is 11.5 Å². The molecule has 0 aromatic heterocycles. The first-order valence-electron chi connectivity index (χ1n) is 6.55. The predicted molar refractivity (Wildman–Crippen MR) is 69.7 cm³/mol. The van der Waals surface area contributed by atoms with Crippen molar-refractivity contribution in [3.05, 3.63) is 35.4 Å². The SMILES string of the molecule is CCCCC(CC)C(NN)c1c(F)cccc1F. The normalized spacial score (nSPS) is 14.5. The summed E-state index contributed by atoms with van der Waals surface area (Å²) in [6.07, 6.45) is 3.85. The lowest BCUT2D eigenvalue weighted by Gasteiger charge is -2.26. The molecule has 2 atom stereocenters. The largest absolute Gasteiger partial charge is 0.271 e. The molecule has 0 fully saturated rings. The number of halogens is 2. The van der Waals surface area contributed by atoms with E-state index < -0.39 is 17.7 Å². The molecule has 0 bridgehead atoms. The minimum absolute atomic E-state index is 0.0583. The molecule has 18 heavy (non-hydrogen) atoms. The first kappa shape index (κ1) is 15.1. The second-order valence-electron chi connectivity index (χ2n) is 4.59. The van der Waals surface area contributed by atoms with E-state index in [1.165, 1.54) is 18.2 Å². The van der Waals surface area contributed by atoms with Gasteiger partial charge in [-0.05, 0) is 24.5 Å². The van der Waals surface area contributed by atoms with E-state index in [1.807, 2.05) is 6.92 Å². The molecule has 0 saturated heterocycles. The van der Waals surface area contributed by atoms with Crippen molar-refractivity contribution in [1.82, 2.24) is 5.43 Å². The number of hydrogen-bond acceptors (Lipinski definition) is 2. The van der Waals surface area contributed by atoms with Crippen LogP contribution in [0.2, 0.25) is 0 Å². The average molecular weight is 256 g/mol. The van der Waals surface area contributed by atoms with Crippen LogP contribution < -0.4 is 11.3 Å². The molecule has 3 N–H and O–H groups in total. The number of benzene rings is 1. The molecule has 1 aromatic carbocycles. The molecule has 0 spiro atoms. The summed E-state index contributed by atoms with van der Waals surface area (Å²) in [4.78, 5) is 0. The Morgan fingerprint density at radius 1 is 1.22 bits per heavy atom. The zero-order chi connectivity index (χ0) is 13.5. The van der Waals surface area contributed by atoms with Gasteiger partial charge in [0, 0.05) is 5.56 Å². The van der Waals surface area contributed by atoms with Crippen LogP contribution in [-0.4, -0.2) is 0 Å². The van der Waals surface area contributed by atoms with Crippen LogP contribution in [0, 0.1) is 17.6 Å². The van der Waals surface area contributed by atoms with Crippen molar-refractivity contribution < 1.29 is 8.78 Å². The maximum Gasteiger partial charge on any atom is 0.130 e. The van der Waals surface area contributed by atoms with Crippen LogP contribution in [-0.2, 0) is 0 Å². The molecule has 2 nitrogen and oxygen atoms in total. The highest BCUT2D eigenvalue weighted by molar-refractivity contribution is 5.24. The highest BCUT2D eigenvalue weighted by Crippen LogP contribution is 2.31. The average Bonchev–Trinajstić information content (AvgIpc) is 2.36. The van der Waals surface area contributed by atoms with Gasteiger partial charge in [0.15, 0.2) is 0 Å². The van der Waals surface area contributed by atoms with Crippen LogP contribution in [0.1, 0.15) is 51.1 Å². The van der Waals surface area contributed by atoms with Gasteiger partial charge in [-0.1, -0.05) is 39.2 Å². The van der Waals surface area contributed by atoms with Crippen molar-refractivity contribution in [2.45, 2.75) is 45.6 Å². The number of nitrogens with two attached hydrogens (primary N) is 1. The van der Waals surface area contributed by atoms with Crippen LogP contribution in [0.15, 0.2) is 18.2 Å². The van der Waals surface area contributed by atoms with E-state index in [0.29, 0.717) is 0 Å². The zero-order valence-corrected chi connectivity index (χ0v) is 11.0. The van der Waals surface area contributed by atoms with Gasteiger partial charge in [-0.3, -0.25) is 11.3 Å². The fraction of sp³-hybridized carbons (Fsp3) is 0.571. The highest BCUT2D eigenvalue weighted by atomic mass is 19.1. The van der Waals surface area contributed by atoms with Crippen LogP contribution in [0.3, 0.4) is 0 Å². The standard InChI is InChI=1S/C14H22F2N2/c1-3-5-7-10(4-2)14(18-17)13-11(15)8-6-9-12(13)16/h6,8-10,14,18H,3-5,7,17H2,1-2H3. The van der Waals surface area contributed by atoms with Crippen molar-refractivity contribution in [2.24, 2.45) is 11.8 Å². The smallest absolute Gasteiger partial charge is 0.130 e. The van der Waals surface area contributed by atoms with Gasteiger partial charge in [0.2, 0.25) is 0 Å². The van der Waals surface area contributed by atoms with E-state index >= 15 is 0 Å². The van der Waals surface area contributed by atoms with Crippen molar-refractivity contribution in [3.8, 4) is 0 Å². The number of rotatable bonds is 7. The van der Waals surface area contributed by atoms with Crippen LogP contribution in [0.5, 0.6) is 0 Å². The van der Waals surface area contributed by atoms with E-state index in [0.717, 1.165) is 25.7 Å². The van der Waals surface area contributed by atoms with Gasteiger partial charge in [-0.15, -0.1) is 0 Å². The first-order valence-corrected chi connectivity index (χ1v) is 6.55. The monoisotopic (exact) mass is 256 g/mol. The summed E-state index contributed by atoms with van der Waals surface area (Å²) in [5, 5.41) is 0. The molecule has 4 heteroatoms. The number of nitrogens with one attached hydrogen (secondary N) is 1. The second kappa shape index (κ2) is 7.44. The number of hydrogen-bond donors (Lipinski definition) is 2. The van der Waals surface area contributed by atoms with Gasteiger partial charge in [-0.25, -0.2) is 8.78 Å². The van der Waals surface area contributed by atoms with E-state index in [4.69, 9.17) is 5.84 Å². The molecule has 1 aromatic rings. The van der Waals surface area contributed by atoms with Gasteiger partial charge < -0.3 is 0 Å². The lowest BCUT2D eigenvalue weighted by atomic mass is 9.87. The Bertz CT molecular complexity index is 349. The van der Waals surface area contributed by atoms with Crippen molar-refractivity contribution >= 4 is 0 Å². The molecule has 0 saturated carbocycles. The van der Waals surface area contributed by atoms with Crippen molar-refractivity contribution in [1.29, 1.82) is 0 Å². The number of hydrazine groups is 1. The lowest BCUT2D eigenvalue weighted by molar-refractivity contribution is 0.310. The summed E-state index contributed by atoms with van der Waals surface area (Å²) in [7, 11) is 0. The van der Waals surface area contributed by atoms with E-state index in [2.05, 4.69) is 12.3 Å². The molecule has 0 aliphatic carbocycles. The molecule has 0 amide bonds. The molecule has 0 radical (unpaired) electrons. The van der Waals surface area contributed by atoms with E-state index in [1.54, 1.807) is 0 Å². The van der Waals surface area contributed by atoms with Gasteiger partial charge in [-0.2, -0.15) is 0 Å². The Labute approximate surface area is 108 Å². The third kappa shape index (κ3) is 3.50. The van der Waals surface area contributed by atoms with Crippen LogP contribution >= 0.6 is 0 Å². The number of unbranched alkanes of at least 4 members (excludes halogenated alkanes) is 1. The van der Waals surface area contributed by atoms with Crippen LogP contribution in [0.25, 0.3) is 0 Å². The Hall–Kier alpha value is -1.00. The summed E-state index contributed by atoms with van der Waals surface area (Å²) in [5.41, 5.74) is 2.64. The first-order chi connectivity index (χ1) is 8.65. The fourth-order valence-corrected chi connectivity index (χ4v) is 2.34. The van der Waals surface area contributed by atoms with E-state index in [9.17, 15) is 8.78 Å². The third-order valence-electron chi connectivity index (χ3n) is 3.41. The third-order valence-corrected chi connectivity index (χ3v) is 3.41. The molecule has 0 aliphatic rings. The topological polar surface area (TPSA) is 38.0 Å². The Morgan fingerprint density at radius 2 is 1.83 bits per heavy atom. The molecular weight excluding hydrogens is 234 g/mol. The van der Waals surface area contributed by atoms with Crippen molar-refractivity contribution in [3.63, 3.8) is 0 Å². The van der Waals surface area contributed by atoms with Crippen molar-refractivity contribution in [2.75, 3.05) is 0 Å². The molecule has 0 heterocycles. The Balaban J connectivity index is 2.99. The summed E-state index contributed by atoms with van der Waals surface area (Å²) in [6.45, 7) is 4.12. The quantitative estimate of drug-likeness (QED) is 0.577. The van der Waals surface area contributed by atoms with Gasteiger partial charge >= 0.3 is 0 Å². The molecule has 1 rings (SSSR count). The molecular formula is C14H22F2N2. The lowest BCUT2D eigenvalue weighted by Crippen LogP contribution is -2.34. The van der Waals surface area contributed by atoms with Gasteiger partial charge in [0.05, 0.1) is 6.04 Å². The Morgan fingerprint density at radius 3 is 2.28 bits per heavy atom. The van der Waals surface area contributed by atoms with Crippen LogP contribution in [0.4, 0.5) is 8.78 Å². The van der Waals surface area contributed by atoms with Gasteiger partial charge in [0.25, 0.3) is 0 Å². The fourth-order valence-electron chi connectivity index (χ4n) is 2.34. The zero-order valence-electron chi connectivity index (χ0n) is 11.0. The minimum Gasteiger partial charge on any atom is -0.271 e. The predicted octanol–water partition coefficient (Wildman–Crippen LogP) is 3.69. The Kier molecular flexibility index (Phi) is 6.22. The summed E-state index contributed by atoms with van der Waals surface area (Å²) in [5.74, 6) is 4.58. The van der Waals surface area contributed by atoms with Gasteiger partial charge in [0.1, 0.15) is 11.6 Å². The maximum absolute atomic E-state index is 13.8.